The van der Waals surface area contributed by atoms with Crippen LogP contribution in [0.3, 0.4) is 0 Å². The van der Waals surface area contributed by atoms with Crippen molar-refractivity contribution in [1.29, 1.82) is 0 Å². The van der Waals surface area contributed by atoms with Gasteiger partial charge in [-0.1, -0.05) is 62.2 Å². The topological polar surface area (TPSA) is 203 Å². The molecule has 274 valence electrons. The van der Waals surface area contributed by atoms with Gasteiger partial charge in [-0.05, 0) is 61.8 Å². The lowest BCUT2D eigenvalue weighted by molar-refractivity contribution is -0.145. The lowest BCUT2D eigenvalue weighted by Gasteiger charge is -2.36. The van der Waals surface area contributed by atoms with Crippen molar-refractivity contribution in [3.8, 4) is 5.75 Å². The first-order valence-electron chi connectivity index (χ1n) is 17.5. The number of nitrogens with one attached hydrogen (secondary N) is 4. The van der Waals surface area contributed by atoms with E-state index in [0.29, 0.717) is 50.1 Å². The number of aromatic nitrogens is 2. The number of ether oxygens (including phenoxy) is 1. The van der Waals surface area contributed by atoms with Crippen LogP contribution in [0.1, 0.15) is 68.7 Å². The zero-order chi connectivity index (χ0) is 36.4. The Labute approximate surface area is 297 Å². The Hall–Kier alpha value is -4.52. The molecule has 3 aromatic rings. The SMILES string of the molecule is CC[C@H](Cc1ccc(OCP(=O)(O)O)cc1)C(=O)N[C@H]1CCCCC2CC[C@@H](C(=O)N[C@@H](Cc3cnc[nH]3)C(=O)NCc3ccccc3)N2C1=O. The zero-order valence-electron chi connectivity index (χ0n) is 28.7. The number of rotatable bonds is 15. The number of fused-ring (bicyclic) bond motifs is 1. The summed E-state index contributed by atoms with van der Waals surface area (Å²) in [6.45, 7) is 2.19. The third-order valence-electron chi connectivity index (χ3n) is 9.54. The molecule has 2 aliphatic heterocycles. The quantitative estimate of drug-likeness (QED) is 0.128. The second-order valence-corrected chi connectivity index (χ2v) is 14.9. The minimum atomic E-state index is -4.31. The predicted octanol–water partition coefficient (Wildman–Crippen LogP) is 2.95. The first-order chi connectivity index (χ1) is 24.5. The standard InChI is InChI=1S/C36H47N6O8P/c1-2-26(18-24-12-15-29(16-13-24)50-23-51(47,48)49)33(43)40-30-11-7-6-10-28-14-17-32(42(28)36(30)46)35(45)41-31(19-27-21-37-22-39-27)34(44)38-20-25-8-4-3-5-9-25/h3-5,8-9,12-13,15-16,21-22,26,28,30-32H,2,6-7,10-11,14,17-20,23H2,1H3,(H,37,39)(H,38,44)(H,40,43)(H,41,45)(H2,47,48,49)/t26-,28?,30+,31+,32+/m1/s1. The summed E-state index contributed by atoms with van der Waals surface area (Å²) in [4.78, 5) is 81.9. The minimum absolute atomic E-state index is 0.140. The molecule has 5 rings (SSSR count). The van der Waals surface area contributed by atoms with E-state index in [9.17, 15) is 23.7 Å². The van der Waals surface area contributed by atoms with Crippen molar-refractivity contribution in [3.63, 3.8) is 0 Å². The van der Waals surface area contributed by atoms with Gasteiger partial charge in [0.15, 0.2) is 6.35 Å². The number of imidazole rings is 1. The largest absolute Gasteiger partial charge is 0.481 e. The summed E-state index contributed by atoms with van der Waals surface area (Å²) in [7, 11) is -4.31. The van der Waals surface area contributed by atoms with Crippen molar-refractivity contribution in [2.45, 2.75) is 95.4 Å². The molecule has 4 amide bonds. The lowest BCUT2D eigenvalue weighted by Crippen LogP contribution is -2.59. The summed E-state index contributed by atoms with van der Waals surface area (Å²) < 4.78 is 16.3. The summed E-state index contributed by atoms with van der Waals surface area (Å²) >= 11 is 0. The van der Waals surface area contributed by atoms with Crippen molar-refractivity contribution in [2.24, 2.45) is 5.92 Å². The number of hydrogen-bond acceptors (Lipinski definition) is 7. The van der Waals surface area contributed by atoms with Gasteiger partial charge in [0.25, 0.3) is 0 Å². The molecule has 14 nitrogen and oxygen atoms in total. The first-order valence-corrected chi connectivity index (χ1v) is 19.3. The third kappa shape index (κ3) is 10.7. The number of hydrogen-bond donors (Lipinski definition) is 6. The zero-order valence-corrected chi connectivity index (χ0v) is 29.6. The second-order valence-electron chi connectivity index (χ2n) is 13.3. The summed E-state index contributed by atoms with van der Waals surface area (Å²) in [6, 6.07) is 13.5. The van der Waals surface area contributed by atoms with Crippen LogP contribution in [0.4, 0.5) is 0 Å². The Morgan fingerprint density at radius 2 is 1.73 bits per heavy atom. The fraction of sp³-hybridized carbons (Fsp3) is 0.472. The molecule has 2 aliphatic rings. The molecule has 1 aromatic heterocycles. The highest BCUT2D eigenvalue weighted by Crippen LogP contribution is 2.35. The van der Waals surface area contributed by atoms with Gasteiger partial charge in [0.1, 0.15) is 23.9 Å². The summed E-state index contributed by atoms with van der Waals surface area (Å²) in [5.41, 5.74) is 2.43. The number of carbonyl (C=O) groups is 4. The van der Waals surface area contributed by atoms with Crippen LogP contribution in [0.5, 0.6) is 5.75 Å². The molecule has 51 heavy (non-hydrogen) atoms. The Bertz CT molecular complexity index is 1670. The highest BCUT2D eigenvalue weighted by atomic mass is 31.2. The van der Waals surface area contributed by atoms with Crippen molar-refractivity contribution in [3.05, 3.63) is 83.9 Å². The highest BCUT2D eigenvalue weighted by molar-refractivity contribution is 7.51. The van der Waals surface area contributed by atoms with Crippen molar-refractivity contribution < 1.29 is 38.3 Å². The van der Waals surface area contributed by atoms with Gasteiger partial charge in [0.2, 0.25) is 23.6 Å². The molecule has 0 bridgehead atoms. The van der Waals surface area contributed by atoms with Gasteiger partial charge in [0.05, 0.1) is 6.33 Å². The van der Waals surface area contributed by atoms with Crippen LogP contribution in [0.2, 0.25) is 0 Å². The lowest BCUT2D eigenvalue weighted by atomic mass is 9.94. The Kier molecular flexibility index (Phi) is 13.0. The Morgan fingerprint density at radius 1 is 0.980 bits per heavy atom. The van der Waals surface area contributed by atoms with E-state index in [2.05, 4.69) is 25.9 Å². The molecule has 2 aromatic carbocycles. The third-order valence-corrected chi connectivity index (χ3v) is 10.0. The number of aromatic amines is 1. The van der Waals surface area contributed by atoms with Crippen LogP contribution in [0.15, 0.2) is 67.1 Å². The summed E-state index contributed by atoms with van der Waals surface area (Å²) in [5, 5.41) is 8.84. The van der Waals surface area contributed by atoms with Crippen LogP contribution in [-0.4, -0.2) is 78.8 Å². The molecule has 5 atom stereocenters. The van der Waals surface area contributed by atoms with Crippen LogP contribution < -0.4 is 20.7 Å². The molecular formula is C36H47N6O8P. The number of carbonyl (C=O) groups excluding carboxylic acids is 4. The molecule has 1 unspecified atom stereocenters. The van der Waals surface area contributed by atoms with E-state index in [0.717, 1.165) is 30.4 Å². The number of amides is 4. The molecule has 6 N–H and O–H groups in total. The number of benzene rings is 2. The van der Waals surface area contributed by atoms with Gasteiger partial charge >= 0.3 is 7.60 Å². The Morgan fingerprint density at radius 3 is 2.41 bits per heavy atom. The summed E-state index contributed by atoms with van der Waals surface area (Å²) in [6.07, 6.45) is 7.43. The van der Waals surface area contributed by atoms with E-state index < -0.39 is 43.9 Å². The van der Waals surface area contributed by atoms with Gasteiger partial charge in [-0.15, -0.1) is 0 Å². The second kappa shape index (κ2) is 17.6. The van der Waals surface area contributed by atoms with Crippen LogP contribution >= 0.6 is 7.60 Å². The summed E-state index contributed by atoms with van der Waals surface area (Å²) in [5.74, 6) is -1.43. The minimum Gasteiger partial charge on any atom is -0.481 e. The monoisotopic (exact) mass is 722 g/mol. The van der Waals surface area contributed by atoms with Crippen LogP contribution in [-0.2, 0) is 43.1 Å². The van der Waals surface area contributed by atoms with E-state index in [1.54, 1.807) is 35.4 Å². The van der Waals surface area contributed by atoms with Gasteiger partial charge in [0, 0.05) is 36.8 Å². The van der Waals surface area contributed by atoms with Gasteiger partial charge in [-0.2, -0.15) is 0 Å². The maximum Gasteiger partial charge on any atom is 0.362 e. The Balaban J connectivity index is 1.24. The fourth-order valence-corrected chi connectivity index (χ4v) is 7.12. The smallest absolute Gasteiger partial charge is 0.362 e. The molecule has 3 heterocycles. The van der Waals surface area contributed by atoms with Gasteiger partial charge < -0.3 is 40.4 Å². The van der Waals surface area contributed by atoms with E-state index in [1.165, 1.54) is 6.33 Å². The van der Waals surface area contributed by atoms with Crippen LogP contribution in [0.25, 0.3) is 0 Å². The number of nitrogens with zero attached hydrogens (tertiary/aromatic N) is 2. The molecule has 0 spiro atoms. The maximum absolute atomic E-state index is 14.2. The molecule has 0 saturated carbocycles. The van der Waals surface area contributed by atoms with E-state index in [4.69, 9.17) is 14.5 Å². The van der Waals surface area contributed by atoms with Crippen molar-refractivity contribution >= 4 is 31.2 Å². The molecule has 0 radical (unpaired) electrons. The van der Waals surface area contributed by atoms with E-state index >= 15 is 0 Å². The van der Waals surface area contributed by atoms with Crippen molar-refractivity contribution in [1.82, 2.24) is 30.8 Å². The van der Waals surface area contributed by atoms with Crippen LogP contribution in [0, 0.1) is 5.92 Å². The maximum atomic E-state index is 14.2. The van der Waals surface area contributed by atoms with Gasteiger partial charge in [-0.3, -0.25) is 23.7 Å². The van der Waals surface area contributed by atoms with Gasteiger partial charge in [-0.25, -0.2) is 4.98 Å². The predicted molar refractivity (Wildman–Crippen MR) is 188 cm³/mol. The molecule has 2 fully saturated rings. The first kappa shape index (κ1) is 37.7. The fourth-order valence-electron chi connectivity index (χ4n) is 6.80. The van der Waals surface area contributed by atoms with E-state index in [1.807, 2.05) is 37.3 Å². The normalized spacial score (nSPS) is 20.3. The molecule has 0 aliphatic carbocycles. The molecule has 2 saturated heterocycles. The van der Waals surface area contributed by atoms with Crippen molar-refractivity contribution in [2.75, 3.05) is 6.35 Å². The van der Waals surface area contributed by atoms with E-state index in [-0.39, 0.29) is 30.2 Å². The molecule has 15 heteroatoms. The molecular weight excluding hydrogens is 675 g/mol. The highest BCUT2D eigenvalue weighted by Gasteiger charge is 2.44. The number of H-pyrrole nitrogens is 1. The average molecular weight is 723 g/mol. The average Bonchev–Trinajstić information content (AvgIpc) is 3.79.